The van der Waals surface area contributed by atoms with Crippen molar-refractivity contribution < 1.29 is 9.53 Å². The van der Waals surface area contributed by atoms with Crippen LogP contribution in [0.5, 0.6) is 0 Å². The molecule has 0 unspecified atom stereocenters. The number of benzene rings is 1. The minimum absolute atomic E-state index is 0.0505. The van der Waals surface area contributed by atoms with E-state index in [-0.39, 0.29) is 5.57 Å². The first kappa shape index (κ1) is 16.4. The molecular formula is C14H14Cl2N2O2. The van der Waals surface area contributed by atoms with Crippen LogP contribution in [0.25, 0.3) is 0 Å². The molecule has 0 spiro atoms. The average molecular weight is 313 g/mol. The van der Waals surface area contributed by atoms with Crippen LogP contribution in [0.2, 0.25) is 10.0 Å². The maximum atomic E-state index is 12.1. The van der Waals surface area contributed by atoms with Crippen LogP contribution in [0.4, 0.5) is 5.69 Å². The summed E-state index contributed by atoms with van der Waals surface area (Å²) in [5.74, 6) is -0.184. The Morgan fingerprint density at radius 3 is 2.35 bits per heavy atom. The summed E-state index contributed by atoms with van der Waals surface area (Å²) >= 11 is 11.7. The molecule has 4 nitrogen and oxygen atoms in total. The van der Waals surface area contributed by atoms with Crippen LogP contribution in [-0.2, 0) is 9.53 Å². The molecule has 0 fully saturated rings. The first-order valence-electron chi connectivity index (χ1n) is 6.05. The summed E-state index contributed by atoms with van der Waals surface area (Å²) in [5, 5.41) is 12.5. The average Bonchev–Trinajstić information content (AvgIpc) is 2.37. The van der Waals surface area contributed by atoms with Crippen molar-refractivity contribution in [3.8, 4) is 6.07 Å². The van der Waals surface area contributed by atoms with Gasteiger partial charge in [-0.05, 0) is 25.1 Å². The van der Waals surface area contributed by atoms with Gasteiger partial charge in [-0.15, -0.1) is 0 Å². The molecule has 1 rings (SSSR count). The minimum atomic E-state index is -0.545. The normalized spacial score (nSPS) is 11.3. The van der Waals surface area contributed by atoms with E-state index in [4.69, 9.17) is 33.2 Å². The number of rotatable bonds is 5. The molecule has 0 aliphatic carbocycles. The topological polar surface area (TPSA) is 62.1 Å². The fourth-order valence-electron chi connectivity index (χ4n) is 1.58. The zero-order valence-electron chi connectivity index (χ0n) is 11.2. The molecule has 1 amide bonds. The van der Waals surface area contributed by atoms with Crippen molar-refractivity contribution in [2.24, 2.45) is 0 Å². The zero-order valence-corrected chi connectivity index (χ0v) is 12.7. The number of carbonyl (C=O) groups is 1. The molecule has 0 heterocycles. The zero-order chi connectivity index (χ0) is 15.1. The Bertz CT molecular complexity index is 557. The highest BCUT2D eigenvalue weighted by Crippen LogP contribution is 2.23. The van der Waals surface area contributed by atoms with Crippen LogP contribution >= 0.6 is 23.2 Å². The standard InChI is InChI=1S/C14H14Cl2N2O2/c1-3-13(20-4-2)12(8-17)14(19)18-11-6-9(15)5-10(16)7-11/h5-7H,3-4H2,1-2H3,(H,18,19)/b13-12-. The molecule has 6 heteroatoms. The number of halogens is 2. The Kier molecular flexibility index (Phi) is 6.37. The number of allylic oxidation sites excluding steroid dienone is 1. The van der Waals surface area contributed by atoms with Gasteiger partial charge in [-0.25, -0.2) is 0 Å². The minimum Gasteiger partial charge on any atom is -0.497 e. The van der Waals surface area contributed by atoms with E-state index in [1.807, 2.05) is 13.0 Å². The number of anilines is 1. The first-order chi connectivity index (χ1) is 9.51. The number of carbonyl (C=O) groups excluding carboxylic acids is 1. The summed E-state index contributed by atoms with van der Waals surface area (Å²) in [4.78, 5) is 12.1. The summed E-state index contributed by atoms with van der Waals surface area (Å²) in [7, 11) is 0. The van der Waals surface area contributed by atoms with Gasteiger partial charge in [-0.3, -0.25) is 4.79 Å². The van der Waals surface area contributed by atoms with Crippen LogP contribution in [0.3, 0.4) is 0 Å². The second-order valence-corrected chi connectivity index (χ2v) is 4.68. The lowest BCUT2D eigenvalue weighted by atomic mass is 10.2. The van der Waals surface area contributed by atoms with Gasteiger partial charge in [0.15, 0.2) is 5.57 Å². The van der Waals surface area contributed by atoms with Crippen molar-refractivity contribution in [2.45, 2.75) is 20.3 Å². The second-order valence-electron chi connectivity index (χ2n) is 3.81. The van der Waals surface area contributed by atoms with Crippen molar-refractivity contribution in [1.29, 1.82) is 5.26 Å². The fraction of sp³-hybridized carbons (Fsp3) is 0.286. The van der Waals surface area contributed by atoms with Gasteiger partial charge in [-0.2, -0.15) is 5.26 Å². The summed E-state index contributed by atoms with van der Waals surface area (Å²) in [6.07, 6.45) is 0.459. The van der Waals surface area contributed by atoms with E-state index in [0.29, 0.717) is 34.5 Å². The number of nitriles is 1. The predicted octanol–water partition coefficient (Wildman–Crippen LogP) is 4.16. The van der Waals surface area contributed by atoms with E-state index >= 15 is 0 Å². The summed E-state index contributed by atoms with van der Waals surface area (Å²) in [6, 6.07) is 6.51. The Morgan fingerprint density at radius 1 is 1.30 bits per heavy atom. The van der Waals surface area contributed by atoms with Gasteiger partial charge in [0.25, 0.3) is 5.91 Å². The molecule has 1 aromatic carbocycles. The summed E-state index contributed by atoms with van der Waals surface area (Å²) < 4.78 is 5.29. The fourth-order valence-corrected chi connectivity index (χ4v) is 2.11. The Balaban J connectivity index is 3.01. The van der Waals surface area contributed by atoms with Crippen molar-refractivity contribution >= 4 is 34.8 Å². The summed E-state index contributed by atoms with van der Waals surface area (Å²) in [6.45, 7) is 4.00. The van der Waals surface area contributed by atoms with Crippen LogP contribution in [0, 0.1) is 11.3 Å². The number of amides is 1. The molecule has 0 bridgehead atoms. The molecule has 1 aromatic rings. The monoisotopic (exact) mass is 312 g/mol. The molecule has 0 atom stereocenters. The van der Waals surface area contributed by atoms with Crippen LogP contribution in [0.15, 0.2) is 29.5 Å². The molecular weight excluding hydrogens is 299 g/mol. The third-order valence-electron chi connectivity index (χ3n) is 2.38. The first-order valence-corrected chi connectivity index (χ1v) is 6.80. The smallest absolute Gasteiger partial charge is 0.269 e. The Labute approximate surface area is 127 Å². The van der Waals surface area contributed by atoms with Crippen LogP contribution in [-0.4, -0.2) is 12.5 Å². The molecule has 0 saturated carbocycles. The van der Waals surface area contributed by atoms with Crippen molar-refractivity contribution in [2.75, 3.05) is 11.9 Å². The van der Waals surface area contributed by atoms with E-state index < -0.39 is 5.91 Å². The largest absolute Gasteiger partial charge is 0.497 e. The third kappa shape index (κ3) is 4.44. The molecule has 20 heavy (non-hydrogen) atoms. The molecule has 1 N–H and O–H groups in total. The van der Waals surface area contributed by atoms with E-state index in [0.717, 1.165) is 0 Å². The number of nitrogens with zero attached hydrogens (tertiary/aromatic N) is 1. The number of hydrogen-bond donors (Lipinski definition) is 1. The van der Waals surface area contributed by atoms with Gasteiger partial charge in [-0.1, -0.05) is 30.1 Å². The van der Waals surface area contributed by atoms with E-state index in [1.165, 1.54) is 0 Å². The van der Waals surface area contributed by atoms with Crippen molar-refractivity contribution in [1.82, 2.24) is 0 Å². The maximum Gasteiger partial charge on any atom is 0.269 e. The lowest BCUT2D eigenvalue weighted by Gasteiger charge is -2.10. The summed E-state index contributed by atoms with van der Waals surface area (Å²) in [5.41, 5.74) is 0.373. The maximum absolute atomic E-state index is 12.1. The quantitative estimate of drug-likeness (QED) is 0.504. The lowest BCUT2D eigenvalue weighted by molar-refractivity contribution is -0.112. The molecule has 106 valence electrons. The Morgan fingerprint density at radius 2 is 1.90 bits per heavy atom. The lowest BCUT2D eigenvalue weighted by Crippen LogP contribution is -2.16. The van der Waals surface area contributed by atoms with Crippen molar-refractivity contribution in [3.63, 3.8) is 0 Å². The number of ether oxygens (including phenoxy) is 1. The van der Waals surface area contributed by atoms with Gasteiger partial charge in [0.1, 0.15) is 11.8 Å². The van der Waals surface area contributed by atoms with E-state index in [9.17, 15) is 4.79 Å². The van der Waals surface area contributed by atoms with Crippen LogP contribution < -0.4 is 5.32 Å². The third-order valence-corrected chi connectivity index (χ3v) is 2.81. The molecule has 0 aliphatic rings. The van der Waals surface area contributed by atoms with Crippen molar-refractivity contribution in [3.05, 3.63) is 39.6 Å². The molecule has 0 radical (unpaired) electrons. The molecule has 0 saturated heterocycles. The molecule has 0 aliphatic heterocycles. The number of hydrogen-bond acceptors (Lipinski definition) is 3. The molecule has 0 aromatic heterocycles. The van der Waals surface area contributed by atoms with Crippen LogP contribution in [0.1, 0.15) is 20.3 Å². The number of nitrogens with one attached hydrogen (secondary N) is 1. The SMILES string of the molecule is CCO/C(CC)=C(/C#N)C(=O)Nc1cc(Cl)cc(Cl)c1. The highest BCUT2D eigenvalue weighted by atomic mass is 35.5. The second kappa shape index (κ2) is 7.78. The van der Waals surface area contributed by atoms with E-state index in [2.05, 4.69) is 5.32 Å². The highest BCUT2D eigenvalue weighted by Gasteiger charge is 2.16. The highest BCUT2D eigenvalue weighted by molar-refractivity contribution is 6.35. The predicted molar refractivity (Wildman–Crippen MR) is 79.6 cm³/mol. The van der Waals surface area contributed by atoms with Gasteiger partial charge in [0.2, 0.25) is 0 Å². The van der Waals surface area contributed by atoms with Gasteiger partial charge < -0.3 is 10.1 Å². The van der Waals surface area contributed by atoms with Gasteiger partial charge in [0, 0.05) is 22.2 Å². The Hall–Kier alpha value is -1.70. The van der Waals surface area contributed by atoms with Gasteiger partial charge >= 0.3 is 0 Å². The van der Waals surface area contributed by atoms with E-state index in [1.54, 1.807) is 25.1 Å². The van der Waals surface area contributed by atoms with Gasteiger partial charge in [0.05, 0.1) is 6.61 Å².